The number of sulfonamides is 1. The predicted molar refractivity (Wildman–Crippen MR) is 92.2 cm³/mol. The fourth-order valence-electron chi connectivity index (χ4n) is 2.88. The molecule has 1 aliphatic heterocycles. The highest BCUT2D eigenvalue weighted by Gasteiger charge is 2.28. The van der Waals surface area contributed by atoms with Crippen LogP contribution in [0.25, 0.3) is 11.4 Å². The maximum atomic E-state index is 12.7. The van der Waals surface area contributed by atoms with E-state index in [1.807, 2.05) is 30.3 Å². The minimum absolute atomic E-state index is 0.215. The van der Waals surface area contributed by atoms with Gasteiger partial charge in [-0.05, 0) is 12.1 Å². The Kier molecular flexibility index (Phi) is 4.06. The topological polar surface area (TPSA) is 81.0 Å². The van der Waals surface area contributed by atoms with Crippen molar-refractivity contribution in [3.8, 4) is 11.4 Å². The van der Waals surface area contributed by atoms with Gasteiger partial charge in [0, 0.05) is 37.5 Å². The summed E-state index contributed by atoms with van der Waals surface area (Å²) in [5.41, 5.74) is 0.961. The van der Waals surface area contributed by atoms with Crippen LogP contribution in [0.2, 0.25) is 0 Å². The van der Waals surface area contributed by atoms with Crippen LogP contribution in [-0.2, 0) is 23.0 Å². The molecule has 0 aliphatic carbocycles. The van der Waals surface area contributed by atoms with E-state index in [1.54, 1.807) is 23.0 Å². The first-order valence-electron chi connectivity index (χ1n) is 8.04. The summed E-state index contributed by atoms with van der Waals surface area (Å²) in [6.45, 7) is 1.22. The molecular formula is C17H17N5O2S. The second kappa shape index (κ2) is 6.38. The van der Waals surface area contributed by atoms with E-state index in [9.17, 15) is 8.42 Å². The second-order valence-corrected chi connectivity index (χ2v) is 7.72. The van der Waals surface area contributed by atoms with Crippen molar-refractivity contribution in [2.75, 3.05) is 13.1 Å². The van der Waals surface area contributed by atoms with Crippen molar-refractivity contribution in [3.05, 3.63) is 60.7 Å². The van der Waals surface area contributed by atoms with E-state index in [2.05, 4.69) is 15.1 Å². The number of pyridine rings is 1. The lowest BCUT2D eigenvalue weighted by Gasteiger charge is -2.19. The molecule has 2 aromatic heterocycles. The minimum Gasteiger partial charge on any atom is -0.263 e. The summed E-state index contributed by atoms with van der Waals surface area (Å²) in [6.07, 6.45) is 3.47. The Morgan fingerprint density at radius 1 is 0.960 bits per heavy atom. The smallest absolute Gasteiger partial charge is 0.244 e. The van der Waals surface area contributed by atoms with Crippen molar-refractivity contribution in [3.63, 3.8) is 0 Å². The molecule has 25 heavy (non-hydrogen) atoms. The molecule has 4 rings (SSSR count). The molecule has 0 unspecified atom stereocenters. The molecule has 128 valence electrons. The molecule has 0 N–H and O–H groups in total. The Balaban J connectivity index is 1.57. The van der Waals surface area contributed by atoms with Gasteiger partial charge in [0.15, 0.2) is 5.82 Å². The highest BCUT2D eigenvalue weighted by molar-refractivity contribution is 7.89. The second-order valence-electron chi connectivity index (χ2n) is 5.78. The standard InChI is InChI=1S/C17H17N5O2S/c23-25(24,15-7-4-9-18-13-15)21-10-8-16-19-17(20-22(16)12-11-21)14-5-2-1-3-6-14/h1-7,9,13H,8,10-12H2. The van der Waals surface area contributed by atoms with E-state index in [-0.39, 0.29) is 4.90 Å². The average molecular weight is 355 g/mol. The van der Waals surface area contributed by atoms with Gasteiger partial charge in [0.2, 0.25) is 10.0 Å². The van der Waals surface area contributed by atoms with E-state index in [4.69, 9.17) is 0 Å². The maximum Gasteiger partial charge on any atom is 0.244 e. The lowest BCUT2D eigenvalue weighted by Crippen LogP contribution is -2.33. The summed E-state index contributed by atoms with van der Waals surface area (Å²) in [4.78, 5) is 8.71. The molecule has 3 heterocycles. The van der Waals surface area contributed by atoms with Gasteiger partial charge >= 0.3 is 0 Å². The molecule has 0 radical (unpaired) electrons. The summed E-state index contributed by atoms with van der Waals surface area (Å²) in [7, 11) is -3.54. The van der Waals surface area contributed by atoms with Gasteiger partial charge in [-0.25, -0.2) is 18.1 Å². The molecule has 0 fully saturated rings. The quantitative estimate of drug-likeness (QED) is 0.713. The number of benzene rings is 1. The van der Waals surface area contributed by atoms with Crippen molar-refractivity contribution < 1.29 is 8.42 Å². The largest absolute Gasteiger partial charge is 0.263 e. The maximum absolute atomic E-state index is 12.7. The van der Waals surface area contributed by atoms with Crippen LogP contribution in [0.5, 0.6) is 0 Å². The first-order chi connectivity index (χ1) is 12.1. The molecular weight excluding hydrogens is 338 g/mol. The van der Waals surface area contributed by atoms with E-state index < -0.39 is 10.0 Å². The van der Waals surface area contributed by atoms with Gasteiger partial charge in [0.05, 0.1) is 6.54 Å². The van der Waals surface area contributed by atoms with Crippen LogP contribution in [0.4, 0.5) is 0 Å². The monoisotopic (exact) mass is 355 g/mol. The normalized spacial score (nSPS) is 15.5. The number of fused-ring (bicyclic) bond motifs is 1. The zero-order valence-electron chi connectivity index (χ0n) is 13.5. The van der Waals surface area contributed by atoms with Crippen molar-refractivity contribution in [1.29, 1.82) is 0 Å². The fourth-order valence-corrected chi connectivity index (χ4v) is 4.28. The Morgan fingerprint density at radius 2 is 1.80 bits per heavy atom. The SMILES string of the molecule is O=S(=O)(c1cccnc1)N1CCc2nc(-c3ccccc3)nn2CC1. The molecule has 3 aromatic rings. The summed E-state index contributed by atoms with van der Waals surface area (Å²) >= 11 is 0. The van der Waals surface area contributed by atoms with Crippen LogP contribution in [-0.4, -0.2) is 45.6 Å². The Morgan fingerprint density at radius 3 is 2.56 bits per heavy atom. The molecule has 0 bridgehead atoms. The van der Waals surface area contributed by atoms with Crippen LogP contribution >= 0.6 is 0 Å². The van der Waals surface area contributed by atoms with Gasteiger partial charge < -0.3 is 0 Å². The Hall–Kier alpha value is -2.58. The first kappa shape index (κ1) is 15.9. The number of rotatable bonds is 3. The van der Waals surface area contributed by atoms with E-state index in [1.165, 1.54) is 10.5 Å². The molecule has 0 amide bonds. The summed E-state index contributed by atoms with van der Waals surface area (Å²) in [5, 5.41) is 4.54. The molecule has 1 aliphatic rings. The van der Waals surface area contributed by atoms with Crippen molar-refractivity contribution >= 4 is 10.0 Å². The molecule has 0 spiro atoms. The van der Waals surface area contributed by atoms with Crippen LogP contribution < -0.4 is 0 Å². The van der Waals surface area contributed by atoms with E-state index in [0.717, 1.165) is 11.4 Å². The fraction of sp³-hybridized carbons (Fsp3) is 0.235. The molecule has 7 nitrogen and oxygen atoms in total. The Bertz CT molecular complexity index is 945. The molecule has 0 atom stereocenters. The zero-order chi connectivity index (χ0) is 17.3. The lowest BCUT2D eigenvalue weighted by atomic mass is 10.2. The predicted octanol–water partition coefficient (Wildman–Crippen LogP) is 1.59. The molecule has 0 saturated heterocycles. The third kappa shape index (κ3) is 3.06. The minimum atomic E-state index is -3.54. The first-order valence-corrected chi connectivity index (χ1v) is 9.48. The van der Waals surface area contributed by atoms with Gasteiger partial charge in [0.25, 0.3) is 0 Å². The number of hydrogen-bond donors (Lipinski definition) is 0. The third-order valence-corrected chi connectivity index (χ3v) is 6.08. The van der Waals surface area contributed by atoms with Crippen molar-refractivity contribution in [1.82, 2.24) is 24.1 Å². The summed E-state index contributed by atoms with van der Waals surface area (Å²) < 4.78 is 28.8. The van der Waals surface area contributed by atoms with Crippen LogP contribution in [0.15, 0.2) is 59.8 Å². The van der Waals surface area contributed by atoms with Gasteiger partial charge in [-0.1, -0.05) is 30.3 Å². The van der Waals surface area contributed by atoms with E-state index >= 15 is 0 Å². The summed E-state index contributed by atoms with van der Waals surface area (Å²) in [5.74, 6) is 1.49. The number of hydrogen-bond acceptors (Lipinski definition) is 5. The van der Waals surface area contributed by atoms with Gasteiger partial charge in [-0.3, -0.25) is 4.98 Å². The van der Waals surface area contributed by atoms with Gasteiger partial charge in [-0.15, -0.1) is 0 Å². The third-order valence-electron chi connectivity index (χ3n) is 4.20. The summed E-state index contributed by atoms with van der Waals surface area (Å²) in [6, 6.07) is 13.0. The van der Waals surface area contributed by atoms with Gasteiger partial charge in [-0.2, -0.15) is 9.40 Å². The highest BCUT2D eigenvalue weighted by atomic mass is 32.2. The number of aromatic nitrogens is 4. The van der Waals surface area contributed by atoms with Crippen molar-refractivity contribution in [2.24, 2.45) is 0 Å². The van der Waals surface area contributed by atoms with E-state index in [0.29, 0.717) is 31.9 Å². The van der Waals surface area contributed by atoms with Crippen molar-refractivity contribution in [2.45, 2.75) is 17.9 Å². The Labute approximate surface area is 146 Å². The number of nitrogens with zero attached hydrogens (tertiary/aromatic N) is 5. The molecule has 0 saturated carbocycles. The average Bonchev–Trinajstić information content (AvgIpc) is 2.95. The molecule has 8 heteroatoms. The van der Waals surface area contributed by atoms with Crippen LogP contribution in [0.1, 0.15) is 5.82 Å². The van der Waals surface area contributed by atoms with Crippen LogP contribution in [0, 0.1) is 0 Å². The van der Waals surface area contributed by atoms with Gasteiger partial charge in [0.1, 0.15) is 10.7 Å². The zero-order valence-corrected chi connectivity index (χ0v) is 14.3. The lowest BCUT2D eigenvalue weighted by molar-refractivity contribution is 0.409. The molecule has 1 aromatic carbocycles. The van der Waals surface area contributed by atoms with Crippen LogP contribution in [0.3, 0.4) is 0 Å². The highest BCUT2D eigenvalue weighted by Crippen LogP contribution is 2.20.